The predicted octanol–water partition coefficient (Wildman–Crippen LogP) is 3.63. The lowest BCUT2D eigenvalue weighted by atomic mass is 10.2. The number of hydrogen-bond acceptors (Lipinski definition) is 3. The van der Waals surface area contributed by atoms with Crippen LogP contribution in [0, 0.1) is 3.57 Å². The van der Waals surface area contributed by atoms with E-state index in [1.807, 2.05) is 36.4 Å². The lowest BCUT2D eigenvalue weighted by Gasteiger charge is -2.12. The summed E-state index contributed by atoms with van der Waals surface area (Å²) in [5, 5.41) is 3.28. The Morgan fingerprint density at radius 2 is 1.94 bits per heavy atom. The van der Waals surface area contributed by atoms with Crippen molar-refractivity contribution in [1.82, 2.24) is 0 Å². The lowest BCUT2D eigenvalue weighted by molar-refractivity contribution is 0.417. The number of nitrogens with one attached hydrogen (secondary N) is 1. The van der Waals surface area contributed by atoms with Crippen LogP contribution in [0.3, 0.4) is 0 Å². The highest BCUT2D eigenvalue weighted by Crippen LogP contribution is 2.31. The Labute approximate surface area is 114 Å². The Hall–Kier alpha value is -1.43. The quantitative estimate of drug-likeness (QED) is 0.663. The number of rotatable bonds is 3. The zero-order valence-corrected chi connectivity index (χ0v) is 11.6. The highest BCUT2D eigenvalue weighted by atomic mass is 127. The number of benzene rings is 2. The van der Waals surface area contributed by atoms with Crippen molar-refractivity contribution in [2.75, 3.05) is 18.2 Å². The molecule has 0 bridgehead atoms. The van der Waals surface area contributed by atoms with Crippen molar-refractivity contribution >= 4 is 39.7 Å². The minimum Gasteiger partial charge on any atom is -0.495 e. The first-order chi connectivity index (χ1) is 8.20. The SMILES string of the molecule is COc1cccc(Nc2cccc(I)c2)c1N. The molecule has 0 fully saturated rings. The molecule has 0 heterocycles. The van der Waals surface area contributed by atoms with Crippen LogP contribution < -0.4 is 15.8 Å². The maximum atomic E-state index is 5.99. The van der Waals surface area contributed by atoms with E-state index < -0.39 is 0 Å². The number of methoxy groups -OCH3 is 1. The Morgan fingerprint density at radius 3 is 2.65 bits per heavy atom. The van der Waals surface area contributed by atoms with Gasteiger partial charge in [-0.15, -0.1) is 0 Å². The van der Waals surface area contributed by atoms with Crippen LogP contribution in [0.2, 0.25) is 0 Å². The normalized spacial score (nSPS) is 10.0. The van der Waals surface area contributed by atoms with Crippen molar-refractivity contribution in [3.8, 4) is 5.75 Å². The van der Waals surface area contributed by atoms with Crippen LogP contribution in [0.1, 0.15) is 0 Å². The molecule has 2 rings (SSSR count). The molecule has 4 heteroatoms. The minimum absolute atomic E-state index is 0.619. The number of anilines is 3. The predicted molar refractivity (Wildman–Crippen MR) is 79.8 cm³/mol. The molecule has 0 aliphatic rings. The zero-order chi connectivity index (χ0) is 12.3. The van der Waals surface area contributed by atoms with E-state index in [2.05, 4.69) is 34.0 Å². The smallest absolute Gasteiger partial charge is 0.143 e. The van der Waals surface area contributed by atoms with Gasteiger partial charge in [-0.3, -0.25) is 0 Å². The maximum Gasteiger partial charge on any atom is 0.143 e. The molecule has 0 aliphatic heterocycles. The van der Waals surface area contributed by atoms with Gasteiger partial charge < -0.3 is 15.8 Å². The fourth-order valence-corrected chi connectivity index (χ4v) is 2.10. The van der Waals surface area contributed by atoms with Gasteiger partial charge in [0.05, 0.1) is 18.5 Å². The van der Waals surface area contributed by atoms with Gasteiger partial charge in [0.2, 0.25) is 0 Å². The minimum atomic E-state index is 0.619. The molecule has 0 radical (unpaired) electrons. The fraction of sp³-hybridized carbons (Fsp3) is 0.0769. The van der Waals surface area contributed by atoms with Crippen LogP contribution in [0.25, 0.3) is 0 Å². The molecule has 3 nitrogen and oxygen atoms in total. The number of nitrogens with two attached hydrogens (primary N) is 1. The molecule has 0 unspecified atom stereocenters. The van der Waals surface area contributed by atoms with E-state index in [0.717, 1.165) is 11.4 Å². The number of para-hydroxylation sites is 1. The van der Waals surface area contributed by atoms with Gasteiger partial charge in [-0.1, -0.05) is 12.1 Å². The molecular weight excluding hydrogens is 327 g/mol. The Bertz CT molecular complexity index is 529. The van der Waals surface area contributed by atoms with Gasteiger partial charge in [0.1, 0.15) is 5.75 Å². The second kappa shape index (κ2) is 5.27. The summed E-state index contributed by atoms with van der Waals surface area (Å²) < 4.78 is 6.36. The van der Waals surface area contributed by atoms with E-state index in [1.54, 1.807) is 7.11 Å². The van der Waals surface area contributed by atoms with Crippen molar-refractivity contribution in [2.24, 2.45) is 0 Å². The third-order valence-electron chi connectivity index (χ3n) is 2.39. The van der Waals surface area contributed by atoms with E-state index in [4.69, 9.17) is 10.5 Å². The summed E-state index contributed by atoms with van der Waals surface area (Å²) in [5.41, 5.74) is 8.47. The van der Waals surface area contributed by atoms with E-state index >= 15 is 0 Å². The fourth-order valence-electron chi connectivity index (χ4n) is 1.55. The highest BCUT2D eigenvalue weighted by Gasteiger charge is 2.05. The Balaban J connectivity index is 2.30. The number of halogens is 1. The largest absolute Gasteiger partial charge is 0.495 e. The second-order valence-electron chi connectivity index (χ2n) is 3.56. The van der Waals surface area contributed by atoms with Gasteiger partial charge in [-0.25, -0.2) is 0 Å². The van der Waals surface area contributed by atoms with Crippen LogP contribution in [0.4, 0.5) is 17.1 Å². The van der Waals surface area contributed by atoms with Gasteiger partial charge in [0.15, 0.2) is 0 Å². The monoisotopic (exact) mass is 340 g/mol. The summed E-state index contributed by atoms with van der Waals surface area (Å²) in [4.78, 5) is 0. The number of hydrogen-bond donors (Lipinski definition) is 2. The standard InChI is InChI=1S/C13H13IN2O/c1-17-12-7-3-6-11(13(12)15)16-10-5-2-4-9(14)8-10/h2-8,16H,15H2,1H3. The van der Waals surface area contributed by atoms with Crippen molar-refractivity contribution in [2.45, 2.75) is 0 Å². The van der Waals surface area contributed by atoms with Crippen LogP contribution in [-0.2, 0) is 0 Å². The molecule has 0 spiro atoms. The van der Waals surface area contributed by atoms with Crippen molar-refractivity contribution in [3.63, 3.8) is 0 Å². The average molecular weight is 340 g/mol. The first-order valence-electron chi connectivity index (χ1n) is 5.16. The van der Waals surface area contributed by atoms with E-state index in [0.29, 0.717) is 11.4 Å². The first kappa shape index (κ1) is 12.0. The summed E-state index contributed by atoms with van der Waals surface area (Å²) in [7, 11) is 1.61. The zero-order valence-electron chi connectivity index (χ0n) is 9.41. The van der Waals surface area contributed by atoms with E-state index in [1.165, 1.54) is 3.57 Å². The first-order valence-corrected chi connectivity index (χ1v) is 6.23. The summed E-state index contributed by atoms with van der Waals surface area (Å²) in [6.45, 7) is 0. The Morgan fingerprint density at radius 1 is 1.18 bits per heavy atom. The molecular formula is C13H13IN2O. The highest BCUT2D eigenvalue weighted by molar-refractivity contribution is 14.1. The average Bonchev–Trinajstić information content (AvgIpc) is 2.32. The lowest BCUT2D eigenvalue weighted by Crippen LogP contribution is -1.99. The van der Waals surface area contributed by atoms with E-state index in [9.17, 15) is 0 Å². The molecule has 2 aromatic rings. The van der Waals surface area contributed by atoms with Crippen molar-refractivity contribution < 1.29 is 4.74 Å². The van der Waals surface area contributed by atoms with Gasteiger partial charge in [-0.2, -0.15) is 0 Å². The molecule has 0 aliphatic carbocycles. The van der Waals surface area contributed by atoms with Crippen molar-refractivity contribution in [3.05, 3.63) is 46.0 Å². The van der Waals surface area contributed by atoms with Crippen LogP contribution >= 0.6 is 22.6 Å². The molecule has 88 valence electrons. The molecule has 0 atom stereocenters. The van der Waals surface area contributed by atoms with Crippen molar-refractivity contribution in [1.29, 1.82) is 0 Å². The topological polar surface area (TPSA) is 47.3 Å². The van der Waals surface area contributed by atoms with Gasteiger partial charge >= 0.3 is 0 Å². The number of ether oxygens (including phenoxy) is 1. The molecule has 0 aromatic heterocycles. The second-order valence-corrected chi connectivity index (χ2v) is 4.80. The van der Waals surface area contributed by atoms with Gasteiger partial charge in [-0.05, 0) is 52.9 Å². The molecule has 0 saturated heterocycles. The van der Waals surface area contributed by atoms with Crippen LogP contribution in [0.5, 0.6) is 5.75 Å². The third-order valence-corrected chi connectivity index (χ3v) is 3.06. The molecule has 0 saturated carbocycles. The summed E-state index contributed by atoms with van der Waals surface area (Å²) >= 11 is 2.27. The molecule has 3 N–H and O–H groups in total. The van der Waals surface area contributed by atoms with E-state index in [-0.39, 0.29) is 0 Å². The van der Waals surface area contributed by atoms with Crippen LogP contribution in [-0.4, -0.2) is 7.11 Å². The molecule has 2 aromatic carbocycles. The maximum absolute atomic E-state index is 5.99. The number of nitrogen functional groups attached to an aromatic ring is 1. The Kier molecular flexibility index (Phi) is 3.73. The van der Waals surface area contributed by atoms with Gasteiger partial charge in [0, 0.05) is 9.26 Å². The third kappa shape index (κ3) is 2.82. The molecule has 0 amide bonds. The summed E-state index contributed by atoms with van der Waals surface area (Å²) in [6.07, 6.45) is 0. The molecule has 17 heavy (non-hydrogen) atoms. The summed E-state index contributed by atoms with van der Waals surface area (Å²) in [5.74, 6) is 0.681. The summed E-state index contributed by atoms with van der Waals surface area (Å²) in [6, 6.07) is 13.8. The van der Waals surface area contributed by atoms with Crippen LogP contribution in [0.15, 0.2) is 42.5 Å². The van der Waals surface area contributed by atoms with Gasteiger partial charge in [0.25, 0.3) is 0 Å².